The van der Waals surface area contributed by atoms with Gasteiger partial charge in [0.15, 0.2) is 5.75 Å². The van der Waals surface area contributed by atoms with Gasteiger partial charge in [0.2, 0.25) is 0 Å². The molecule has 0 saturated carbocycles. The van der Waals surface area contributed by atoms with Crippen molar-refractivity contribution in [1.82, 2.24) is 25.1 Å². The summed E-state index contributed by atoms with van der Waals surface area (Å²) in [5, 5.41) is 7.31. The van der Waals surface area contributed by atoms with Crippen LogP contribution in [0.2, 0.25) is 0 Å². The van der Waals surface area contributed by atoms with E-state index in [1.165, 1.54) is 0 Å². The first kappa shape index (κ1) is 12.5. The van der Waals surface area contributed by atoms with E-state index in [4.69, 9.17) is 4.74 Å². The Morgan fingerprint density at radius 2 is 2.00 bits per heavy atom. The van der Waals surface area contributed by atoms with Crippen molar-refractivity contribution in [2.24, 2.45) is 7.05 Å². The van der Waals surface area contributed by atoms with Crippen LogP contribution in [0.3, 0.4) is 0 Å². The van der Waals surface area contributed by atoms with Gasteiger partial charge in [0, 0.05) is 37.6 Å². The molecule has 0 amide bonds. The number of nitrogens with one attached hydrogen (secondary N) is 1. The Hall–Kier alpha value is -1.95. The molecule has 6 nitrogen and oxygen atoms in total. The highest BCUT2D eigenvalue weighted by atomic mass is 16.5. The van der Waals surface area contributed by atoms with E-state index in [2.05, 4.69) is 34.2 Å². The number of hydrogen-bond donors (Lipinski definition) is 1. The number of rotatable bonds is 5. The molecule has 0 aromatic carbocycles. The molecule has 0 unspecified atom stereocenters. The molecule has 0 saturated heterocycles. The molecular weight excluding hydrogens is 230 g/mol. The third-order valence-corrected chi connectivity index (χ3v) is 2.29. The zero-order valence-electron chi connectivity index (χ0n) is 10.8. The molecule has 1 N–H and O–H groups in total. The first-order valence-corrected chi connectivity index (χ1v) is 5.84. The molecule has 2 heterocycles. The monoisotopic (exact) mass is 247 g/mol. The predicted molar refractivity (Wildman–Crippen MR) is 67.3 cm³/mol. The number of aryl methyl sites for hydroxylation is 1. The van der Waals surface area contributed by atoms with Crippen LogP contribution in [0.5, 0.6) is 11.8 Å². The van der Waals surface area contributed by atoms with Gasteiger partial charge in [-0.05, 0) is 0 Å². The Labute approximate surface area is 106 Å². The van der Waals surface area contributed by atoms with E-state index in [1.807, 2.05) is 7.05 Å². The molecular formula is C12H17N5O. The average molecular weight is 247 g/mol. The summed E-state index contributed by atoms with van der Waals surface area (Å²) in [6.07, 6.45) is 6.90. The number of nitrogens with zero attached hydrogens (tertiary/aromatic N) is 4. The van der Waals surface area contributed by atoms with E-state index in [0.29, 0.717) is 17.8 Å². The van der Waals surface area contributed by atoms with Gasteiger partial charge in [-0.1, -0.05) is 13.8 Å². The van der Waals surface area contributed by atoms with Gasteiger partial charge < -0.3 is 10.1 Å². The maximum Gasteiger partial charge on any atom is 0.321 e. The first-order valence-electron chi connectivity index (χ1n) is 5.84. The Bertz CT molecular complexity index is 491. The van der Waals surface area contributed by atoms with Crippen molar-refractivity contribution in [2.75, 3.05) is 0 Å². The summed E-state index contributed by atoms with van der Waals surface area (Å²) in [6.45, 7) is 4.95. The van der Waals surface area contributed by atoms with E-state index in [1.54, 1.807) is 29.5 Å². The lowest BCUT2D eigenvalue weighted by Gasteiger charge is -2.07. The summed E-state index contributed by atoms with van der Waals surface area (Å²) >= 11 is 0. The zero-order chi connectivity index (χ0) is 13.0. The Kier molecular flexibility index (Phi) is 3.88. The van der Waals surface area contributed by atoms with Gasteiger partial charge in [0.1, 0.15) is 0 Å². The van der Waals surface area contributed by atoms with Crippen molar-refractivity contribution >= 4 is 0 Å². The summed E-state index contributed by atoms with van der Waals surface area (Å²) in [5.41, 5.74) is 1.03. The number of hydrogen-bond acceptors (Lipinski definition) is 5. The van der Waals surface area contributed by atoms with Crippen LogP contribution >= 0.6 is 0 Å². The maximum absolute atomic E-state index is 5.45. The molecule has 2 aromatic heterocycles. The highest BCUT2D eigenvalue weighted by Gasteiger charge is 2.03. The van der Waals surface area contributed by atoms with Gasteiger partial charge in [-0.15, -0.1) is 0 Å². The molecule has 0 aliphatic heterocycles. The van der Waals surface area contributed by atoms with E-state index >= 15 is 0 Å². The topological polar surface area (TPSA) is 64.9 Å². The molecule has 0 radical (unpaired) electrons. The van der Waals surface area contributed by atoms with Crippen LogP contribution in [0.15, 0.2) is 24.8 Å². The van der Waals surface area contributed by atoms with Gasteiger partial charge in [0.25, 0.3) is 0 Å². The van der Waals surface area contributed by atoms with Crippen LogP contribution in [0, 0.1) is 0 Å². The minimum Gasteiger partial charge on any atom is -0.421 e. The van der Waals surface area contributed by atoms with E-state index in [-0.39, 0.29) is 0 Å². The second-order valence-electron chi connectivity index (χ2n) is 4.36. The maximum atomic E-state index is 5.45. The lowest BCUT2D eigenvalue weighted by molar-refractivity contribution is 0.440. The van der Waals surface area contributed by atoms with Gasteiger partial charge in [-0.25, -0.2) is 9.97 Å². The SMILES string of the molecule is CC(C)NCc1cnc(Oc2cnn(C)c2)nc1. The predicted octanol–water partition coefficient (Wildman–Crippen LogP) is 1.50. The van der Waals surface area contributed by atoms with Gasteiger partial charge >= 0.3 is 6.01 Å². The molecule has 2 aromatic rings. The summed E-state index contributed by atoms with van der Waals surface area (Å²) in [4.78, 5) is 8.30. The molecule has 0 fully saturated rings. The highest BCUT2D eigenvalue weighted by Crippen LogP contribution is 2.15. The van der Waals surface area contributed by atoms with Gasteiger partial charge in [-0.3, -0.25) is 4.68 Å². The summed E-state index contributed by atoms with van der Waals surface area (Å²) in [7, 11) is 1.83. The average Bonchev–Trinajstić information content (AvgIpc) is 2.74. The second kappa shape index (κ2) is 5.59. The van der Waals surface area contributed by atoms with Crippen LogP contribution in [-0.4, -0.2) is 25.8 Å². The lowest BCUT2D eigenvalue weighted by Crippen LogP contribution is -2.21. The van der Waals surface area contributed by atoms with Crippen molar-refractivity contribution in [2.45, 2.75) is 26.4 Å². The van der Waals surface area contributed by atoms with Crippen LogP contribution in [0.4, 0.5) is 0 Å². The Morgan fingerprint density at radius 1 is 1.28 bits per heavy atom. The van der Waals surface area contributed by atoms with Crippen molar-refractivity contribution in [3.63, 3.8) is 0 Å². The smallest absolute Gasteiger partial charge is 0.321 e. The van der Waals surface area contributed by atoms with Crippen molar-refractivity contribution in [1.29, 1.82) is 0 Å². The van der Waals surface area contributed by atoms with Crippen LogP contribution < -0.4 is 10.1 Å². The highest BCUT2D eigenvalue weighted by molar-refractivity contribution is 5.17. The zero-order valence-corrected chi connectivity index (χ0v) is 10.8. The fourth-order valence-corrected chi connectivity index (χ4v) is 1.37. The molecule has 6 heteroatoms. The molecule has 2 rings (SSSR count). The normalized spacial score (nSPS) is 10.9. The Balaban J connectivity index is 1.95. The largest absolute Gasteiger partial charge is 0.421 e. The molecule has 0 spiro atoms. The minimum absolute atomic E-state index is 0.330. The summed E-state index contributed by atoms with van der Waals surface area (Å²) in [5.74, 6) is 0.630. The molecule has 0 atom stereocenters. The molecule has 0 bridgehead atoms. The summed E-state index contributed by atoms with van der Waals surface area (Å²) in [6, 6.07) is 0.771. The molecule has 0 aliphatic carbocycles. The minimum atomic E-state index is 0.330. The van der Waals surface area contributed by atoms with Crippen LogP contribution in [-0.2, 0) is 13.6 Å². The third kappa shape index (κ3) is 3.53. The molecule has 96 valence electrons. The first-order chi connectivity index (χ1) is 8.63. The van der Waals surface area contributed by atoms with Gasteiger partial charge in [-0.2, -0.15) is 5.10 Å². The van der Waals surface area contributed by atoms with Crippen molar-refractivity contribution in [3.05, 3.63) is 30.4 Å². The standard InChI is InChI=1S/C12H17N5O/c1-9(2)13-4-10-5-14-12(15-6-10)18-11-7-16-17(3)8-11/h5-9,13H,4H2,1-3H3. The van der Waals surface area contributed by atoms with Crippen LogP contribution in [0.1, 0.15) is 19.4 Å². The molecule has 18 heavy (non-hydrogen) atoms. The quantitative estimate of drug-likeness (QED) is 0.867. The fourth-order valence-electron chi connectivity index (χ4n) is 1.37. The van der Waals surface area contributed by atoms with E-state index < -0.39 is 0 Å². The third-order valence-electron chi connectivity index (χ3n) is 2.29. The fraction of sp³-hybridized carbons (Fsp3) is 0.417. The van der Waals surface area contributed by atoms with Crippen LogP contribution in [0.25, 0.3) is 0 Å². The van der Waals surface area contributed by atoms with Crippen molar-refractivity contribution in [3.8, 4) is 11.8 Å². The number of ether oxygens (including phenoxy) is 1. The van der Waals surface area contributed by atoms with E-state index in [9.17, 15) is 0 Å². The second-order valence-corrected chi connectivity index (χ2v) is 4.36. The molecule has 0 aliphatic rings. The number of aromatic nitrogens is 4. The summed E-state index contributed by atoms with van der Waals surface area (Å²) < 4.78 is 7.12. The lowest BCUT2D eigenvalue weighted by atomic mass is 10.3. The van der Waals surface area contributed by atoms with E-state index in [0.717, 1.165) is 12.1 Å². The Morgan fingerprint density at radius 3 is 2.56 bits per heavy atom. The van der Waals surface area contributed by atoms with Gasteiger partial charge in [0.05, 0.1) is 12.4 Å². The van der Waals surface area contributed by atoms with Crippen molar-refractivity contribution < 1.29 is 4.74 Å².